The molecule has 10 nitrogen and oxygen atoms in total. The standard InChI is InChI=1S/C22H18F3N7O3S/c1-11-3-4-13(7-14(11)22(23,24)25)30-20(34)17-8-15(32-35-17)12(2)29-19(33)16-9-18(28-10-27-16)31-21-26-5-6-36-21/h3-10,12H,1-2H3,(H,29,33)(H,30,34)(H,26,27,28,31). The molecule has 0 spiro atoms. The van der Waals surface area contributed by atoms with Gasteiger partial charge in [-0.2, -0.15) is 13.2 Å². The van der Waals surface area contributed by atoms with Crippen molar-refractivity contribution in [3.63, 3.8) is 0 Å². The molecule has 0 fully saturated rings. The average Bonchev–Trinajstić information content (AvgIpc) is 3.52. The third kappa shape index (κ3) is 5.83. The smallest absolute Gasteiger partial charge is 0.351 e. The van der Waals surface area contributed by atoms with Crippen molar-refractivity contribution in [1.29, 1.82) is 0 Å². The van der Waals surface area contributed by atoms with E-state index in [1.54, 1.807) is 18.5 Å². The van der Waals surface area contributed by atoms with Crippen molar-refractivity contribution in [2.75, 3.05) is 10.6 Å². The maximum absolute atomic E-state index is 13.1. The highest BCUT2D eigenvalue weighted by atomic mass is 32.1. The van der Waals surface area contributed by atoms with Crippen molar-refractivity contribution >= 4 is 39.8 Å². The highest BCUT2D eigenvalue weighted by Crippen LogP contribution is 2.33. The lowest BCUT2D eigenvalue weighted by atomic mass is 10.1. The number of hydrogen-bond acceptors (Lipinski definition) is 9. The summed E-state index contributed by atoms with van der Waals surface area (Å²) < 4.78 is 44.4. The van der Waals surface area contributed by atoms with Crippen molar-refractivity contribution in [1.82, 2.24) is 25.4 Å². The van der Waals surface area contributed by atoms with Gasteiger partial charge in [0.05, 0.1) is 11.6 Å². The van der Waals surface area contributed by atoms with Gasteiger partial charge in [-0.25, -0.2) is 15.0 Å². The predicted octanol–water partition coefficient (Wildman–Crippen LogP) is 4.74. The minimum Gasteiger partial charge on any atom is -0.351 e. The lowest BCUT2D eigenvalue weighted by Crippen LogP contribution is -2.27. The van der Waals surface area contributed by atoms with E-state index in [1.807, 2.05) is 0 Å². The molecule has 0 saturated heterocycles. The minimum absolute atomic E-state index is 0.0294. The molecule has 2 amide bonds. The molecular formula is C22H18F3N7O3S. The summed E-state index contributed by atoms with van der Waals surface area (Å²) in [5, 5.41) is 14.2. The monoisotopic (exact) mass is 517 g/mol. The third-order valence-electron chi connectivity index (χ3n) is 4.91. The second kappa shape index (κ2) is 10.1. The van der Waals surface area contributed by atoms with Gasteiger partial charge in [-0.05, 0) is 31.5 Å². The van der Waals surface area contributed by atoms with E-state index in [0.717, 1.165) is 6.07 Å². The number of nitrogens with one attached hydrogen (secondary N) is 3. The molecule has 0 saturated carbocycles. The van der Waals surface area contributed by atoms with Crippen LogP contribution in [0, 0.1) is 6.92 Å². The number of rotatable bonds is 7. The lowest BCUT2D eigenvalue weighted by molar-refractivity contribution is -0.138. The summed E-state index contributed by atoms with van der Waals surface area (Å²) in [6.07, 6.45) is -1.71. The highest BCUT2D eigenvalue weighted by molar-refractivity contribution is 7.13. The van der Waals surface area contributed by atoms with Gasteiger partial charge in [-0.3, -0.25) is 9.59 Å². The van der Waals surface area contributed by atoms with Crippen molar-refractivity contribution in [2.45, 2.75) is 26.1 Å². The topological polar surface area (TPSA) is 135 Å². The van der Waals surface area contributed by atoms with E-state index in [4.69, 9.17) is 4.52 Å². The van der Waals surface area contributed by atoms with E-state index in [-0.39, 0.29) is 28.4 Å². The molecule has 3 N–H and O–H groups in total. The van der Waals surface area contributed by atoms with Crippen LogP contribution in [0.5, 0.6) is 0 Å². The Morgan fingerprint density at radius 3 is 2.61 bits per heavy atom. The SMILES string of the molecule is Cc1ccc(NC(=O)c2cc(C(C)NC(=O)c3cc(Nc4nccs4)ncn3)no2)cc1C(F)(F)F. The van der Waals surface area contributed by atoms with Crippen LogP contribution in [0.4, 0.5) is 29.8 Å². The van der Waals surface area contributed by atoms with Crippen LogP contribution < -0.4 is 16.0 Å². The minimum atomic E-state index is -4.56. The van der Waals surface area contributed by atoms with Crippen LogP contribution in [0.3, 0.4) is 0 Å². The number of carbonyl (C=O) groups excluding carboxylic acids is 2. The fourth-order valence-corrected chi connectivity index (χ4v) is 3.62. The van der Waals surface area contributed by atoms with E-state index in [1.165, 1.54) is 48.9 Å². The summed E-state index contributed by atoms with van der Waals surface area (Å²) in [7, 11) is 0. The van der Waals surface area contributed by atoms with Crippen LogP contribution in [0.2, 0.25) is 0 Å². The predicted molar refractivity (Wildman–Crippen MR) is 124 cm³/mol. The van der Waals surface area contributed by atoms with Crippen LogP contribution in [-0.4, -0.2) is 31.9 Å². The second-order valence-electron chi connectivity index (χ2n) is 7.54. The number of alkyl halides is 3. The molecule has 1 aromatic carbocycles. The summed E-state index contributed by atoms with van der Waals surface area (Å²) in [5.41, 5.74) is -0.574. The Kier molecular flexibility index (Phi) is 6.96. The molecule has 1 unspecified atom stereocenters. The average molecular weight is 517 g/mol. The summed E-state index contributed by atoms with van der Waals surface area (Å²) in [6, 6.07) is 5.50. The van der Waals surface area contributed by atoms with E-state index < -0.39 is 29.6 Å². The third-order valence-corrected chi connectivity index (χ3v) is 5.60. The fraction of sp³-hybridized carbons (Fsp3) is 0.182. The number of carbonyl (C=O) groups is 2. The molecule has 0 bridgehead atoms. The number of nitrogens with zero attached hydrogens (tertiary/aromatic N) is 4. The Labute approximate surface area is 206 Å². The number of amides is 2. The van der Waals surface area contributed by atoms with Gasteiger partial charge < -0.3 is 20.5 Å². The molecule has 0 radical (unpaired) electrons. The quantitative estimate of drug-likeness (QED) is 0.320. The number of hydrogen-bond donors (Lipinski definition) is 3. The molecule has 4 rings (SSSR count). The van der Waals surface area contributed by atoms with E-state index in [0.29, 0.717) is 10.9 Å². The van der Waals surface area contributed by atoms with Gasteiger partial charge in [-0.15, -0.1) is 11.3 Å². The van der Waals surface area contributed by atoms with Gasteiger partial charge >= 0.3 is 6.18 Å². The summed E-state index contributed by atoms with van der Waals surface area (Å²) >= 11 is 1.36. The fourth-order valence-electron chi connectivity index (χ4n) is 3.09. The van der Waals surface area contributed by atoms with Gasteiger partial charge in [0, 0.05) is 29.4 Å². The van der Waals surface area contributed by atoms with Gasteiger partial charge in [0.2, 0.25) is 5.76 Å². The van der Waals surface area contributed by atoms with Crippen LogP contribution in [0.25, 0.3) is 0 Å². The van der Waals surface area contributed by atoms with Gasteiger partial charge in [-0.1, -0.05) is 11.2 Å². The Hall–Kier alpha value is -4.33. The Balaban J connectivity index is 1.40. The number of anilines is 3. The molecular weight excluding hydrogens is 499 g/mol. The first-order valence-electron chi connectivity index (χ1n) is 10.4. The van der Waals surface area contributed by atoms with Crippen LogP contribution in [0.1, 0.15) is 50.8 Å². The largest absolute Gasteiger partial charge is 0.416 e. The van der Waals surface area contributed by atoms with Gasteiger partial charge in [0.25, 0.3) is 11.8 Å². The molecule has 0 aliphatic heterocycles. The van der Waals surface area contributed by atoms with Crippen LogP contribution in [-0.2, 0) is 6.18 Å². The molecule has 36 heavy (non-hydrogen) atoms. The molecule has 4 aromatic rings. The van der Waals surface area contributed by atoms with Crippen molar-refractivity contribution in [3.05, 3.63) is 76.5 Å². The first-order chi connectivity index (χ1) is 17.1. The molecule has 186 valence electrons. The van der Waals surface area contributed by atoms with E-state index in [2.05, 4.69) is 36.1 Å². The Morgan fingerprint density at radius 1 is 1.08 bits per heavy atom. The lowest BCUT2D eigenvalue weighted by Gasteiger charge is -2.12. The summed E-state index contributed by atoms with van der Waals surface area (Å²) in [5.74, 6) is -1.18. The van der Waals surface area contributed by atoms with Crippen LogP contribution in [0.15, 0.2) is 52.8 Å². The maximum atomic E-state index is 13.1. The molecule has 0 aliphatic rings. The van der Waals surface area contributed by atoms with Gasteiger partial charge in [0.15, 0.2) is 5.13 Å². The number of aryl methyl sites for hydroxylation is 1. The molecule has 1 atom stereocenters. The van der Waals surface area contributed by atoms with E-state index >= 15 is 0 Å². The zero-order valence-electron chi connectivity index (χ0n) is 18.8. The molecule has 0 aliphatic carbocycles. The zero-order valence-corrected chi connectivity index (χ0v) is 19.6. The Bertz CT molecular complexity index is 1390. The summed E-state index contributed by atoms with van der Waals surface area (Å²) in [4.78, 5) is 37.2. The number of thiazole rings is 1. The number of aromatic nitrogens is 4. The van der Waals surface area contributed by atoms with Crippen molar-refractivity contribution in [2.24, 2.45) is 0 Å². The van der Waals surface area contributed by atoms with Crippen molar-refractivity contribution < 1.29 is 27.3 Å². The second-order valence-corrected chi connectivity index (χ2v) is 8.44. The van der Waals surface area contributed by atoms with Crippen molar-refractivity contribution in [3.8, 4) is 0 Å². The molecule has 3 aromatic heterocycles. The highest BCUT2D eigenvalue weighted by Gasteiger charge is 2.32. The normalized spacial score (nSPS) is 12.1. The zero-order chi connectivity index (χ0) is 25.9. The summed E-state index contributed by atoms with van der Waals surface area (Å²) in [6.45, 7) is 2.94. The molecule has 14 heteroatoms. The number of halogens is 3. The first-order valence-corrected chi connectivity index (χ1v) is 11.2. The first kappa shape index (κ1) is 24.8. The number of benzene rings is 1. The van der Waals surface area contributed by atoms with Crippen LogP contribution >= 0.6 is 11.3 Å². The molecule has 3 heterocycles. The Morgan fingerprint density at radius 2 is 1.89 bits per heavy atom. The van der Waals surface area contributed by atoms with Gasteiger partial charge in [0.1, 0.15) is 23.5 Å². The maximum Gasteiger partial charge on any atom is 0.416 e. The van der Waals surface area contributed by atoms with E-state index in [9.17, 15) is 22.8 Å².